The topological polar surface area (TPSA) is 86.8 Å². The molecule has 9 heteroatoms. The maximum Gasteiger partial charge on any atom is 0.264 e. The highest BCUT2D eigenvalue weighted by Crippen LogP contribution is 2.27. The zero-order valence-corrected chi connectivity index (χ0v) is 25.3. The molecule has 0 spiro atoms. The van der Waals surface area contributed by atoms with Gasteiger partial charge in [0.15, 0.2) is 0 Å². The SMILES string of the molecule is Cc1ccccc1N(CC(=O)N(Cc1ccccc1F)[C@H](Cc1ccccc1)C(=O)NC(C)C)S(=O)(=O)c1ccccc1. The average molecular weight is 602 g/mol. The van der Waals surface area contributed by atoms with Gasteiger partial charge in [0.25, 0.3) is 10.0 Å². The van der Waals surface area contributed by atoms with Crippen molar-refractivity contribution in [2.45, 2.75) is 50.7 Å². The Labute approximate surface area is 253 Å². The van der Waals surface area contributed by atoms with E-state index in [-0.39, 0.29) is 29.5 Å². The normalized spacial score (nSPS) is 12.0. The fraction of sp³-hybridized carbons (Fsp3) is 0.235. The number of halogens is 1. The molecule has 0 saturated heterocycles. The van der Waals surface area contributed by atoms with E-state index >= 15 is 0 Å². The Bertz CT molecular complexity index is 1650. The lowest BCUT2D eigenvalue weighted by Gasteiger charge is -2.34. The monoisotopic (exact) mass is 601 g/mol. The van der Waals surface area contributed by atoms with Crippen molar-refractivity contribution in [2.75, 3.05) is 10.8 Å². The van der Waals surface area contributed by atoms with Gasteiger partial charge in [-0.1, -0.05) is 84.9 Å². The number of carbonyl (C=O) groups excluding carboxylic acids is 2. The van der Waals surface area contributed by atoms with Crippen LogP contribution >= 0.6 is 0 Å². The van der Waals surface area contributed by atoms with E-state index in [1.165, 1.54) is 23.1 Å². The molecule has 2 amide bonds. The zero-order valence-electron chi connectivity index (χ0n) is 24.5. The summed E-state index contributed by atoms with van der Waals surface area (Å²) in [7, 11) is -4.20. The second kappa shape index (κ2) is 14.1. The van der Waals surface area contributed by atoms with Crippen LogP contribution in [0.25, 0.3) is 0 Å². The lowest BCUT2D eigenvalue weighted by atomic mass is 10.0. The second-order valence-corrected chi connectivity index (χ2v) is 12.5. The molecule has 0 aromatic heterocycles. The lowest BCUT2D eigenvalue weighted by molar-refractivity contribution is -0.140. The van der Waals surface area contributed by atoms with E-state index in [0.29, 0.717) is 11.3 Å². The molecule has 0 aliphatic carbocycles. The molecular weight excluding hydrogens is 565 g/mol. The van der Waals surface area contributed by atoms with Crippen molar-refractivity contribution >= 4 is 27.5 Å². The van der Waals surface area contributed by atoms with Gasteiger partial charge in [-0.15, -0.1) is 0 Å². The number of aryl methyl sites for hydroxylation is 1. The summed E-state index contributed by atoms with van der Waals surface area (Å²) in [4.78, 5) is 29.4. The third kappa shape index (κ3) is 7.87. The van der Waals surface area contributed by atoms with E-state index in [0.717, 1.165) is 9.87 Å². The van der Waals surface area contributed by atoms with E-state index < -0.39 is 40.2 Å². The number of anilines is 1. The molecule has 4 aromatic carbocycles. The summed E-state index contributed by atoms with van der Waals surface area (Å²) in [5.41, 5.74) is 1.98. The van der Waals surface area contributed by atoms with Gasteiger partial charge >= 0.3 is 0 Å². The third-order valence-corrected chi connectivity index (χ3v) is 8.77. The van der Waals surface area contributed by atoms with Crippen LogP contribution in [0.1, 0.15) is 30.5 Å². The first-order valence-electron chi connectivity index (χ1n) is 14.1. The van der Waals surface area contributed by atoms with Crippen molar-refractivity contribution < 1.29 is 22.4 Å². The minimum atomic E-state index is -4.20. The molecule has 1 atom stereocenters. The molecular formula is C34H36FN3O4S. The molecule has 4 rings (SSSR count). The third-order valence-electron chi connectivity index (χ3n) is 6.99. The molecule has 0 aliphatic heterocycles. The average Bonchev–Trinajstić information content (AvgIpc) is 2.99. The van der Waals surface area contributed by atoms with Crippen molar-refractivity contribution in [3.05, 3.63) is 132 Å². The minimum Gasteiger partial charge on any atom is -0.352 e. The molecule has 0 saturated carbocycles. The van der Waals surface area contributed by atoms with Crippen LogP contribution in [-0.4, -0.2) is 43.8 Å². The van der Waals surface area contributed by atoms with Crippen LogP contribution in [0.2, 0.25) is 0 Å². The quantitative estimate of drug-likeness (QED) is 0.233. The smallest absolute Gasteiger partial charge is 0.264 e. The molecule has 0 bridgehead atoms. The van der Waals surface area contributed by atoms with E-state index in [1.54, 1.807) is 67.6 Å². The van der Waals surface area contributed by atoms with Gasteiger partial charge in [0.1, 0.15) is 18.4 Å². The predicted molar refractivity (Wildman–Crippen MR) is 166 cm³/mol. The number of hydrogen-bond acceptors (Lipinski definition) is 4. The minimum absolute atomic E-state index is 0.0186. The molecule has 43 heavy (non-hydrogen) atoms. The van der Waals surface area contributed by atoms with E-state index in [9.17, 15) is 22.4 Å². The summed E-state index contributed by atoms with van der Waals surface area (Å²) < 4.78 is 44.0. The number of amides is 2. The first-order valence-corrected chi connectivity index (χ1v) is 15.5. The summed E-state index contributed by atoms with van der Waals surface area (Å²) in [6.45, 7) is 4.55. The van der Waals surface area contributed by atoms with Crippen LogP contribution in [0.3, 0.4) is 0 Å². The lowest BCUT2D eigenvalue weighted by Crippen LogP contribution is -2.54. The van der Waals surface area contributed by atoms with Gasteiger partial charge in [0.2, 0.25) is 11.8 Å². The van der Waals surface area contributed by atoms with Gasteiger partial charge in [-0.05, 0) is 56.2 Å². The van der Waals surface area contributed by atoms with E-state index in [4.69, 9.17) is 0 Å². The van der Waals surface area contributed by atoms with Crippen LogP contribution in [0, 0.1) is 12.7 Å². The van der Waals surface area contributed by atoms with Crippen molar-refractivity contribution in [1.29, 1.82) is 0 Å². The fourth-order valence-electron chi connectivity index (χ4n) is 4.82. The second-order valence-electron chi connectivity index (χ2n) is 10.6. The standard InChI is InChI=1S/C34H36FN3O4S/c1-25(2)36-34(40)32(22-27-15-6-4-7-16-27)37(23-28-17-11-12-20-30(28)35)33(39)24-38(31-21-13-10-14-26(31)3)43(41,42)29-18-8-5-9-19-29/h4-21,25,32H,22-24H2,1-3H3,(H,36,40)/t32-/m1/s1. The first kappa shape index (κ1) is 31.4. The van der Waals surface area contributed by atoms with Gasteiger partial charge in [-0.3, -0.25) is 13.9 Å². The van der Waals surface area contributed by atoms with Gasteiger partial charge in [0, 0.05) is 24.6 Å². The van der Waals surface area contributed by atoms with Crippen LogP contribution in [-0.2, 0) is 32.6 Å². The maximum atomic E-state index is 15.0. The Hall–Kier alpha value is -4.50. The largest absolute Gasteiger partial charge is 0.352 e. The Balaban J connectivity index is 1.82. The summed E-state index contributed by atoms with van der Waals surface area (Å²) >= 11 is 0. The molecule has 224 valence electrons. The molecule has 0 radical (unpaired) electrons. The molecule has 0 fully saturated rings. The zero-order chi connectivity index (χ0) is 31.0. The Morgan fingerprint density at radius 1 is 0.814 bits per heavy atom. The first-order chi connectivity index (χ1) is 20.6. The molecule has 4 aromatic rings. The van der Waals surface area contributed by atoms with Crippen molar-refractivity contribution in [3.8, 4) is 0 Å². The van der Waals surface area contributed by atoms with Gasteiger partial charge < -0.3 is 10.2 Å². The highest BCUT2D eigenvalue weighted by atomic mass is 32.2. The molecule has 7 nitrogen and oxygen atoms in total. The number of para-hydroxylation sites is 1. The van der Waals surface area contributed by atoms with Crippen LogP contribution in [0.15, 0.2) is 114 Å². The number of hydrogen-bond donors (Lipinski definition) is 1. The number of nitrogens with zero attached hydrogens (tertiary/aromatic N) is 2. The van der Waals surface area contributed by atoms with Gasteiger partial charge in [-0.25, -0.2) is 12.8 Å². The highest BCUT2D eigenvalue weighted by Gasteiger charge is 2.35. The predicted octanol–water partition coefficient (Wildman–Crippen LogP) is 5.49. The summed E-state index contributed by atoms with van der Waals surface area (Å²) in [6.07, 6.45) is 0.148. The van der Waals surface area contributed by atoms with Crippen LogP contribution < -0.4 is 9.62 Å². The summed E-state index contributed by atoms with van der Waals surface area (Å²) in [5.74, 6) is -1.60. The molecule has 0 heterocycles. The van der Waals surface area contributed by atoms with Crippen molar-refractivity contribution in [3.63, 3.8) is 0 Å². The Morgan fingerprint density at radius 3 is 2.02 bits per heavy atom. The Kier molecular flexibility index (Phi) is 10.3. The van der Waals surface area contributed by atoms with Crippen molar-refractivity contribution in [2.24, 2.45) is 0 Å². The molecule has 0 unspecified atom stereocenters. The number of carbonyl (C=O) groups is 2. The highest BCUT2D eigenvalue weighted by molar-refractivity contribution is 7.92. The van der Waals surface area contributed by atoms with Gasteiger partial charge in [0.05, 0.1) is 10.6 Å². The van der Waals surface area contributed by atoms with Gasteiger partial charge in [-0.2, -0.15) is 0 Å². The van der Waals surface area contributed by atoms with E-state index in [2.05, 4.69) is 5.32 Å². The maximum absolute atomic E-state index is 15.0. The van der Waals surface area contributed by atoms with Crippen LogP contribution in [0.5, 0.6) is 0 Å². The number of sulfonamides is 1. The number of nitrogens with one attached hydrogen (secondary N) is 1. The fourth-order valence-corrected chi connectivity index (χ4v) is 6.32. The molecule has 0 aliphatic rings. The van der Waals surface area contributed by atoms with Crippen LogP contribution in [0.4, 0.5) is 10.1 Å². The number of benzene rings is 4. The van der Waals surface area contributed by atoms with Crippen molar-refractivity contribution in [1.82, 2.24) is 10.2 Å². The Morgan fingerprint density at radius 2 is 1.40 bits per heavy atom. The number of rotatable bonds is 12. The summed E-state index contributed by atoms with van der Waals surface area (Å²) in [5, 5.41) is 2.89. The summed E-state index contributed by atoms with van der Waals surface area (Å²) in [6, 6.07) is 28.7. The molecule has 1 N–H and O–H groups in total. The van der Waals surface area contributed by atoms with E-state index in [1.807, 2.05) is 44.2 Å².